The van der Waals surface area contributed by atoms with Crippen LogP contribution in [0.25, 0.3) is 0 Å². The van der Waals surface area contributed by atoms with Gasteiger partial charge in [0, 0.05) is 0 Å². The van der Waals surface area contributed by atoms with Crippen LogP contribution in [-0.4, -0.2) is 37.1 Å². The molecule has 0 bridgehead atoms. The topological polar surface area (TPSA) is 36.9 Å². The van der Waals surface area contributed by atoms with E-state index in [0.717, 1.165) is 25.7 Å². The van der Waals surface area contributed by atoms with Gasteiger partial charge in [-0.05, 0) is 48.5 Å². The minimum absolute atomic E-state index is 1.06. The van der Waals surface area contributed by atoms with E-state index in [1.807, 2.05) is 0 Å². The van der Waals surface area contributed by atoms with Crippen LogP contribution >= 0.6 is 0 Å². The summed E-state index contributed by atoms with van der Waals surface area (Å²) in [7, 11) is -7.59. The van der Waals surface area contributed by atoms with Gasteiger partial charge in [0.15, 0.2) is 0 Å². The van der Waals surface area contributed by atoms with Crippen LogP contribution in [0.3, 0.4) is 0 Å². The summed E-state index contributed by atoms with van der Waals surface area (Å²) in [6.07, 6.45) is 22.9. The first-order valence-electron chi connectivity index (χ1n) is 12.9. The van der Waals surface area contributed by atoms with Gasteiger partial charge >= 0.3 is 17.1 Å². The Bertz CT molecular complexity index is 494. The van der Waals surface area contributed by atoms with E-state index in [-0.39, 0.29) is 0 Å². The third kappa shape index (κ3) is 12.8. The molecule has 0 amide bonds. The highest BCUT2D eigenvalue weighted by atomic mass is 28.5. The summed E-state index contributed by atoms with van der Waals surface area (Å²) in [4.78, 5) is 0. The molecular weight excluding hydrogens is 465 g/mol. The smallest absolute Gasteiger partial charge is 0.373 e. The molecule has 0 atom stereocenters. The van der Waals surface area contributed by atoms with Gasteiger partial charge in [0.1, 0.15) is 0 Å². The highest BCUT2D eigenvalue weighted by molar-refractivity contribution is 6.93. The Labute approximate surface area is 205 Å². The van der Waals surface area contributed by atoms with Crippen LogP contribution in [0.4, 0.5) is 0 Å². The van der Waals surface area contributed by atoms with Gasteiger partial charge in [-0.1, -0.05) is 103 Å². The average Bonchev–Trinajstić information content (AvgIpc) is 2.78. The van der Waals surface area contributed by atoms with Crippen molar-refractivity contribution in [3.63, 3.8) is 0 Å². The lowest BCUT2D eigenvalue weighted by Crippen LogP contribution is -2.55. The molecule has 1 aliphatic heterocycles. The molecular formula is C24H48O4Si4. The fraction of sp³-hybridized carbons (Fsp3) is 0.667. The fourth-order valence-corrected chi connectivity index (χ4v) is 15.6. The summed E-state index contributed by atoms with van der Waals surface area (Å²) in [6, 6.07) is 0. The molecule has 1 saturated heterocycles. The van der Waals surface area contributed by atoms with Crippen LogP contribution in [0.5, 0.6) is 0 Å². The van der Waals surface area contributed by atoms with E-state index in [1.165, 1.54) is 51.4 Å². The van der Waals surface area contributed by atoms with Crippen LogP contribution in [0.15, 0.2) is 47.1 Å². The van der Waals surface area contributed by atoms with E-state index < -0.39 is 37.1 Å². The molecule has 184 valence electrons. The lowest BCUT2D eigenvalue weighted by molar-refractivity contribution is 0.300. The molecule has 8 heteroatoms. The Balaban J connectivity index is 3.26. The number of hydrogen-bond acceptors (Lipinski definition) is 4. The van der Waals surface area contributed by atoms with Gasteiger partial charge in [0.05, 0.1) is 0 Å². The predicted molar refractivity (Wildman–Crippen MR) is 148 cm³/mol. The van der Waals surface area contributed by atoms with E-state index in [4.69, 9.17) is 16.5 Å². The second-order valence-corrected chi connectivity index (χ2v) is 17.9. The molecule has 0 aromatic rings. The van der Waals surface area contributed by atoms with E-state index >= 15 is 0 Å². The number of unbranched alkanes of at least 4 members (excludes halogenated alkanes) is 8. The third-order valence-corrected chi connectivity index (χ3v) is 16.6. The van der Waals surface area contributed by atoms with Gasteiger partial charge in [0.2, 0.25) is 0 Å². The molecule has 1 rings (SSSR count). The Morgan fingerprint density at radius 2 is 0.844 bits per heavy atom. The zero-order valence-electron chi connectivity index (χ0n) is 21.2. The van der Waals surface area contributed by atoms with Crippen molar-refractivity contribution in [2.75, 3.05) is 0 Å². The number of allylic oxidation sites excluding steroid dienone is 4. The quantitative estimate of drug-likeness (QED) is 0.185. The number of rotatable bonds is 16. The maximum atomic E-state index is 7.06. The maximum Gasteiger partial charge on any atom is 0.373 e. The molecule has 1 heterocycles. The van der Waals surface area contributed by atoms with Crippen LogP contribution in [0.1, 0.15) is 105 Å². The molecule has 0 radical (unpaired) electrons. The first-order valence-corrected chi connectivity index (χ1v) is 19.2. The summed E-state index contributed by atoms with van der Waals surface area (Å²) in [6.45, 7) is 8.92. The van der Waals surface area contributed by atoms with Crippen LogP contribution in [-0.2, 0) is 16.5 Å². The van der Waals surface area contributed by atoms with Crippen LogP contribution < -0.4 is 0 Å². The Hall–Kier alpha value is -0.332. The van der Waals surface area contributed by atoms with E-state index in [2.05, 4.69) is 74.8 Å². The molecule has 0 N–H and O–H groups in total. The molecule has 1 aliphatic rings. The Morgan fingerprint density at radius 3 is 1.12 bits per heavy atom. The maximum absolute atomic E-state index is 7.06. The molecule has 0 unspecified atom stereocenters. The van der Waals surface area contributed by atoms with Crippen molar-refractivity contribution in [1.82, 2.24) is 0 Å². The summed E-state index contributed by atoms with van der Waals surface area (Å²) in [5, 5.41) is 0. The minimum Gasteiger partial charge on any atom is -0.425 e. The van der Waals surface area contributed by atoms with E-state index in [1.54, 1.807) is 0 Å². The van der Waals surface area contributed by atoms with Gasteiger partial charge < -0.3 is 16.5 Å². The normalized spacial score (nSPS) is 20.9. The van der Waals surface area contributed by atoms with Gasteiger partial charge in [-0.2, -0.15) is 0 Å². The first kappa shape index (κ1) is 29.7. The predicted octanol–water partition coefficient (Wildman–Crippen LogP) is 6.09. The molecule has 0 aromatic heterocycles. The number of hydrogen-bond donors (Lipinski definition) is 0. The molecule has 0 spiro atoms. The van der Waals surface area contributed by atoms with Gasteiger partial charge in [-0.3, -0.25) is 0 Å². The van der Waals surface area contributed by atoms with Crippen molar-refractivity contribution < 1.29 is 16.5 Å². The van der Waals surface area contributed by atoms with E-state index in [0.29, 0.717) is 0 Å². The minimum atomic E-state index is -2.71. The van der Waals surface area contributed by atoms with Gasteiger partial charge in [-0.25, -0.2) is 0 Å². The van der Waals surface area contributed by atoms with E-state index in [9.17, 15) is 0 Å². The van der Waals surface area contributed by atoms with Crippen molar-refractivity contribution in [1.29, 1.82) is 0 Å². The Morgan fingerprint density at radius 1 is 0.531 bits per heavy atom. The standard InChI is InChI=1S/C24H48O4Si4/c1-5-9-13-17-21-31(22-18-14-10-6-2)26-29-25-30-27-32(28-31,23-19-15-11-7-3)24-20-16-12-8-4/h17-24H,5-16,29-30H2,1-4H3/b21-17+,22-18+,23-19+,24-20+. The van der Waals surface area contributed by atoms with Crippen LogP contribution in [0.2, 0.25) is 0 Å². The molecule has 0 aromatic carbocycles. The highest BCUT2D eigenvalue weighted by Gasteiger charge is 2.45. The van der Waals surface area contributed by atoms with Crippen molar-refractivity contribution in [3.05, 3.63) is 47.1 Å². The fourth-order valence-electron chi connectivity index (χ4n) is 3.33. The highest BCUT2D eigenvalue weighted by Crippen LogP contribution is 2.25. The van der Waals surface area contributed by atoms with Gasteiger partial charge in [0.25, 0.3) is 20.0 Å². The van der Waals surface area contributed by atoms with Crippen molar-refractivity contribution in [3.8, 4) is 0 Å². The second-order valence-electron chi connectivity index (χ2n) is 8.45. The second kappa shape index (κ2) is 19.0. The van der Waals surface area contributed by atoms with Crippen molar-refractivity contribution in [2.24, 2.45) is 0 Å². The monoisotopic (exact) mass is 512 g/mol. The molecule has 0 aliphatic carbocycles. The molecule has 4 nitrogen and oxygen atoms in total. The van der Waals surface area contributed by atoms with Crippen LogP contribution in [0, 0.1) is 0 Å². The summed E-state index contributed by atoms with van der Waals surface area (Å²) < 4.78 is 26.1. The largest absolute Gasteiger partial charge is 0.425 e. The summed E-state index contributed by atoms with van der Waals surface area (Å²) in [5.41, 5.74) is 9.00. The lowest BCUT2D eigenvalue weighted by atomic mass is 10.2. The zero-order chi connectivity index (χ0) is 23.4. The SMILES string of the molecule is CCCC/C=C/[Si]1(/C=C/CCCC)O[SiH2]O[SiH2]O[Si](/C=C/CCCC)(/C=C/CCCC)O1. The van der Waals surface area contributed by atoms with Crippen molar-refractivity contribution >= 4 is 37.1 Å². The molecule has 32 heavy (non-hydrogen) atoms. The molecule has 1 fully saturated rings. The molecule has 0 saturated carbocycles. The van der Waals surface area contributed by atoms with Crippen molar-refractivity contribution in [2.45, 2.75) is 105 Å². The zero-order valence-corrected chi connectivity index (χ0v) is 26.0. The average molecular weight is 513 g/mol. The third-order valence-electron chi connectivity index (χ3n) is 5.35. The first-order chi connectivity index (χ1) is 15.7. The summed E-state index contributed by atoms with van der Waals surface area (Å²) >= 11 is 0. The van der Waals surface area contributed by atoms with Gasteiger partial charge in [-0.15, -0.1) is 0 Å². The Kier molecular flexibility index (Phi) is 17.7. The lowest BCUT2D eigenvalue weighted by Gasteiger charge is -2.37. The summed E-state index contributed by atoms with van der Waals surface area (Å²) in [5.74, 6) is 0.